The van der Waals surface area contributed by atoms with Crippen molar-refractivity contribution in [1.82, 2.24) is 15.5 Å². The van der Waals surface area contributed by atoms with Gasteiger partial charge < -0.3 is 21.2 Å². The fourth-order valence-electron chi connectivity index (χ4n) is 2.61. The van der Waals surface area contributed by atoms with Crippen LogP contribution in [0, 0.1) is 0 Å². The molecule has 0 unspecified atom stereocenters. The Kier molecular flexibility index (Phi) is 8.38. The molecule has 0 fully saturated rings. The van der Waals surface area contributed by atoms with Gasteiger partial charge in [0.25, 0.3) is 0 Å². The third-order valence-electron chi connectivity index (χ3n) is 4.25. The molecule has 7 nitrogen and oxygen atoms in total. The summed E-state index contributed by atoms with van der Waals surface area (Å²) >= 11 is 1.51. The lowest BCUT2D eigenvalue weighted by Crippen LogP contribution is -2.44. The largest absolute Gasteiger partial charge is 0.450 e. The molecule has 0 radical (unpaired) electrons. The SMILES string of the molecule is CCOC(=O)NCc1cccc(-c2ccc(SNC(C)(C)/C(=C/N)NN)cc2)c1. The van der Waals surface area contributed by atoms with Crippen LogP contribution in [0.3, 0.4) is 0 Å². The number of hydrogen-bond donors (Lipinski definition) is 5. The number of carbonyl (C=O) groups is 1. The Morgan fingerprint density at radius 3 is 2.52 bits per heavy atom. The van der Waals surface area contributed by atoms with Crippen LogP contribution in [0.1, 0.15) is 26.3 Å². The fourth-order valence-corrected chi connectivity index (χ4v) is 3.37. The molecule has 0 aromatic heterocycles. The van der Waals surface area contributed by atoms with Gasteiger partial charge in [-0.15, -0.1) is 0 Å². The molecule has 2 rings (SSSR count). The van der Waals surface area contributed by atoms with Crippen LogP contribution in [-0.4, -0.2) is 18.2 Å². The van der Waals surface area contributed by atoms with E-state index in [9.17, 15) is 4.79 Å². The lowest BCUT2D eigenvalue weighted by molar-refractivity contribution is 0.151. The molecule has 0 bridgehead atoms. The van der Waals surface area contributed by atoms with Crippen LogP contribution in [0.5, 0.6) is 0 Å². The van der Waals surface area contributed by atoms with E-state index in [-0.39, 0.29) is 0 Å². The Bertz CT molecular complexity index is 837. The van der Waals surface area contributed by atoms with Crippen LogP contribution in [0.15, 0.2) is 65.3 Å². The van der Waals surface area contributed by atoms with Crippen LogP contribution >= 0.6 is 11.9 Å². The molecule has 8 heteroatoms. The van der Waals surface area contributed by atoms with Crippen LogP contribution in [0.4, 0.5) is 4.79 Å². The number of carbonyl (C=O) groups excluding carboxylic acids is 1. The first-order chi connectivity index (χ1) is 13.9. The third kappa shape index (κ3) is 6.70. The number of hydrogen-bond acceptors (Lipinski definition) is 7. The van der Waals surface area contributed by atoms with E-state index >= 15 is 0 Å². The first kappa shape index (κ1) is 22.6. The molecule has 0 saturated heterocycles. The second kappa shape index (κ2) is 10.8. The van der Waals surface area contributed by atoms with Crippen molar-refractivity contribution in [3.05, 3.63) is 66.0 Å². The van der Waals surface area contributed by atoms with Crippen LogP contribution in [0.2, 0.25) is 0 Å². The molecule has 1 amide bonds. The van der Waals surface area contributed by atoms with Crippen LogP contribution in [0.25, 0.3) is 11.1 Å². The zero-order valence-corrected chi connectivity index (χ0v) is 17.8. The Labute approximate surface area is 176 Å². The molecular weight excluding hydrogens is 386 g/mol. The lowest BCUT2D eigenvalue weighted by Gasteiger charge is -2.28. The van der Waals surface area contributed by atoms with Gasteiger partial charge in [-0.25, -0.2) is 9.52 Å². The number of nitrogens with one attached hydrogen (secondary N) is 3. The number of rotatable bonds is 9. The summed E-state index contributed by atoms with van der Waals surface area (Å²) in [4.78, 5) is 12.5. The summed E-state index contributed by atoms with van der Waals surface area (Å²) in [5, 5.41) is 2.74. The summed E-state index contributed by atoms with van der Waals surface area (Å²) in [6.07, 6.45) is 1.05. The summed E-state index contributed by atoms with van der Waals surface area (Å²) in [6.45, 7) is 6.54. The molecule has 0 aliphatic rings. The van der Waals surface area contributed by atoms with Crippen molar-refractivity contribution in [3.63, 3.8) is 0 Å². The summed E-state index contributed by atoms with van der Waals surface area (Å²) in [7, 11) is 0. The minimum absolute atomic E-state index is 0.356. The van der Waals surface area contributed by atoms with Gasteiger partial charge in [-0.3, -0.25) is 5.84 Å². The highest BCUT2D eigenvalue weighted by atomic mass is 32.2. The van der Waals surface area contributed by atoms with Crippen LogP contribution < -0.4 is 27.0 Å². The lowest BCUT2D eigenvalue weighted by atomic mass is 10.0. The fraction of sp³-hybridized carbons (Fsp3) is 0.286. The molecule has 0 heterocycles. The molecule has 0 saturated carbocycles. The number of alkyl carbamates (subject to hydrolysis) is 1. The molecule has 7 N–H and O–H groups in total. The standard InChI is InChI=1S/C21H29N5O2S/c1-4-28-20(27)24-14-15-6-5-7-17(12-15)16-8-10-18(11-9-16)29-26-21(2,3)19(13-22)25-23/h5-13,25-26H,4,14,22-23H2,1-3H3,(H,24,27)/b19-13-. The smallest absolute Gasteiger partial charge is 0.407 e. The average Bonchev–Trinajstić information content (AvgIpc) is 2.72. The summed E-state index contributed by atoms with van der Waals surface area (Å²) in [5.41, 5.74) is 11.7. The highest BCUT2D eigenvalue weighted by molar-refractivity contribution is 7.97. The molecular formula is C21H29N5O2S. The van der Waals surface area contributed by atoms with E-state index in [1.165, 1.54) is 18.1 Å². The molecule has 2 aromatic rings. The zero-order valence-electron chi connectivity index (χ0n) is 17.0. The first-order valence-corrected chi connectivity index (χ1v) is 10.1. The van der Waals surface area contributed by atoms with Crippen molar-refractivity contribution in [1.29, 1.82) is 0 Å². The molecule has 0 spiro atoms. The third-order valence-corrected chi connectivity index (χ3v) is 5.37. The van der Waals surface area contributed by atoms with Gasteiger partial charge in [0.2, 0.25) is 0 Å². The Hall–Kier alpha value is -2.68. The quantitative estimate of drug-likeness (QED) is 0.243. The Morgan fingerprint density at radius 1 is 1.17 bits per heavy atom. The maximum atomic E-state index is 11.5. The van der Waals surface area contributed by atoms with Crippen LogP contribution in [-0.2, 0) is 11.3 Å². The normalized spacial score (nSPS) is 11.8. The van der Waals surface area contributed by atoms with E-state index in [1.807, 2.05) is 44.2 Å². The van der Waals surface area contributed by atoms with Crippen molar-refractivity contribution >= 4 is 18.0 Å². The Balaban J connectivity index is 2.01. The van der Waals surface area contributed by atoms with Gasteiger partial charge in [0.05, 0.1) is 17.8 Å². The van der Waals surface area contributed by atoms with Crippen molar-refractivity contribution < 1.29 is 9.53 Å². The van der Waals surface area contributed by atoms with E-state index in [4.69, 9.17) is 16.3 Å². The minimum atomic E-state index is -0.410. The van der Waals surface area contributed by atoms with Gasteiger partial charge in [-0.2, -0.15) is 0 Å². The number of ether oxygens (including phenoxy) is 1. The van der Waals surface area contributed by atoms with Gasteiger partial charge in [-0.05, 0) is 67.6 Å². The second-order valence-electron chi connectivity index (χ2n) is 6.85. The predicted molar refractivity (Wildman–Crippen MR) is 118 cm³/mol. The molecule has 156 valence electrons. The van der Waals surface area contributed by atoms with Gasteiger partial charge in [0.15, 0.2) is 0 Å². The molecule has 2 aromatic carbocycles. The van der Waals surface area contributed by atoms with Crippen molar-refractivity contribution in [2.75, 3.05) is 6.61 Å². The highest BCUT2D eigenvalue weighted by Crippen LogP contribution is 2.26. The maximum Gasteiger partial charge on any atom is 0.407 e. The van der Waals surface area contributed by atoms with Crippen molar-refractivity contribution in [2.45, 2.75) is 37.8 Å². The molecule has 0 aliphatic carbocycles. The highest BCUT2D eigenvalue weighted by Gasteiger charge is 2.22. The van der Waals surface area contributed by atoms with E-state index in [2.05, 4.69) is 33.7 Å². The summed E-state index contributed by atoms with van der Waals surface area (Å²) in [6, 6.07) is 16.3. The van der Waals surface area contributed by atoms with E-state index in [0.717, 1.165) is 21.6 Å². The van der Waals surface area contributed by atoms with Gasteiger partial charge in [-0.1, -0.05) is 30.3 Å². The number of amides is 1. The molecule has 0 atom stereocenters. The van der Waals surface area contributed by atoms with Gasteiger partial charge >= 0.3 is 6.09 Å². The van der Waals surface area contributed by atoms with E-state index in [1.54, 1.807) is 6.92 Å². The van der Waals surface area contributed by atoms with Gasteiger partial charge in [0.1, 0.15) is 0 Å². The predicted octanol–water partition coefficient (Wildman–Crippen LogP) is 3.24. The zero-order chi connectivity index (χ0) is 21.3. The van der Waals surface area contributed by atoms with Gasteiger partial charge in [0, 0.05) is 17.6 Å². The van der Waals surface area contributed by atoms with Crippen molar-refractivity contribution in [2.24, 2.45) is 11.6 Å². The van der Waals surface area contributed by atoms with Crippen molar-refractivity contribution in [3.8, 4) is 11.1 Å². The molecule has 29 heavy (non-hydrogen) atoms. The summed E-state index contributed by atoms with van der Waals surface area (Å²) in [5.74, 6) is 5.51. The van der Waals surface area contributed by atoms with E-state index in [0.29, 0.717) is 18.8 Å². The Morgan fingerprint density at radius 2 is 1.90 bits per heavy atom. The average molecular weight is 416 g/mol. The second-order valence-corrected chi connectivity index (χ2v) is 7.73. The molecule has 0 aliphatic heterocycles. The maximum absolute atomic E-state index is 11.5. The topological polar surface area (TPSA) is 114 Å². The summed E-state index contributed by atoms with van der Waals surface area (Å²) < 4.78 is 8.24. The minimum Gasteiger partial charge on any atom is -0.450 e. The number of nitrogens with two attached hydrogens (primary N) is 2. The van der Waals surface area contributed by atoms with E-state index < -0.39 is 11.6 Å². The number of benzene rings is 2. The monoisotopic (exact) mass is 415 g/mol. The number of hydrazine groups is 1. The first-order valence-electron chi connectivity index (χ1n) is 9.32.